The van der Waals surface area contributed by atoms with Crippen LogP contribution in [0.15, 0.2) is 23.1 Å². The number of morpholine rings is 1. The molecule has 8 heteroatoms. The zero-order valence-corrected chi connectivity index (χ0v) is 17.7. The fraction of sp³-hybridized carbons (Fsp3) is 0.571. The Labute approximate surface area is 172 Å². The number of sulfonamides is 1. The fourth-order valence-corrected chi connectivity index (χ4v) is 6.27. The van der Waals surface area contributed by atoms with Gasteiger partial charge in [-0.25, -0.2) is 8.42 Å². The van der Waals surface area contributed by atoms with Crippen LogP contribution in [0.25, 0.3) is 0 Å². The summed E-state index contributed by atoms with van der Waals surface area (Å²) in [6.45, 7) is 4.93. The third-order valence-corrected chi connectivity index (χ3v) is 8.32. The molecule has 2 aliphatic heterocycles. The van der Waals surface area contributed by atoms with E-state index in [1.165, 1.54) is 11.1 Å². The Morgan fingerprint density at radius 3 is 2.69 bits per heavy atom. The molecule has 0 unspecified atom stereocenters. The average molecular weight is 417 g/mol. The maximum Gasteiger partial charge on any atom is 0.243 e. The van der Waals surface area contributed by atoms with Crippen molar-refractivity contribution in [1.82, 2.24) is 19.0 Å². The van der Waals surface area contributed by atoms with Gasteiger partial charge in [0.15, 0.2) is 0 Å². The van der Waals surface area contributed by atoms with Crippen molar-refractivity contribution in [3.8, 4) is 0 Å². The second-order valence-corrected chi connectivity index (χ2v) is 10.2. The van der Waals surface area contributed by atoms with Gasteiger partial charge in [-0.3, -0.25) is 9.58 Å². The number of benzene rings is 1. The lowest BCUT2D eigenvalue weighted by Crippen LogP contribution is -2.38. The van der Waals surface area contributed by atoms with Crippen molar-refractivity contribution >= 4 is 10.0 Å². The van der Waals surface area contributed by atoms with Gasteiger partial charge in [-0.05, 0) is 42.5 Å². The van der Waals surface area contributed by atoms with E-state index in [0.717, 1.165) is 69.1 Å². The van der Waals surface area contributed by atoms with Crippen LogP contribution in [0.2, 0.25) is 0 Å². The SMILES string of the molecule is Cn1nc(CN2CCOCC2)c2c1CCN(S(=O)(=O)c1ccc3c(c1)CCC3)C2. The Balaban J connectivity index is 1.41. The number of aryl methyl sites for hydroxylation is 3. The third-order valence-electron chi connectivity index (χ3n) is 6.48. The molecular formula is C21H28N4O3S. The first-order valence-electron chi connectivity index (χ1n) is 10.5. The van der Waals surface area contributed by atoms with Crippen LogP contribution >= 0.6 is 0 Å². The molecule has 0 N–H and O–H groups in total. The molecule has 1 aromatic heterocycles. The van der Waals surface area contributed by atoms with Crippen molar-refractivity contribution in [2.45, 2.75) is 43.7 Å². The first kappa shape index (κ1) is 19.2. The highest BCUT2D eigenvalue weighted by Crippen LogP contribution is 2.30. The van der Waals surface area contributed by atoms with Crippen LogP contribution in [-0.4, -0.2) is 60.3 Å². The summed E-state index contributed by atoms with van der Waals surface area (Å²) in [7, 11) is -1.54. The van der Waals surface area contributed by atoms with Crippen LogP contribution in [0, 0.1) is 0 Å². The predicted octanol–water partition coefficient (Wildman–Crippen LogP) is 1.49. The van der Waals surface area contributed by atoms with Gasteiger partial charge in [-0.2, -0.15) is 9.40 Å². The van der Waals surface area contributed by atoms with E-state index in [-0.39, 0.29) is 0 Å². The van der Waals surface area contributed by atoms with Crippen LogP contribution in [0.1, 0.15) is 34.5 Å². The summed E-state index contributed by atoms with van der Waals surface area (Å²) in [5.41, 5.74) is 5.73. The second-order valence-electron chi connectivity index (χ2n) is 8.26. The van der Waals surface area contributed by atoms with Gasteiger partial charge in [0.05, 0.1) is 23.8 Å². The summed E-state index contributed by atoms with van der Waals surface area (Å²) in [5.74, 6) is 0. The summed E-state index contributed by atoms with van der Waals surface area (Å²) in [6.07, 6.45) is 3.86. The lowest BCUT2D eigenvalue weighted by Gasteiger charge is -2.29. The lowest BCUT2D eigenvalue weighted by molar-refractivity contribution is 0.0334. The Kier molecular flexibility index (Phi) is 4.98. The fourth-order valence-electron chi connectivity index (χ4n) is 4.81. The van der Waals surface area contributed by atoms with Gasteiger partial charge in [0.2, 0.25) is 10.0 Å². The second kappa shape index (κ2) is 7.50. The van der Waals surface area contributed by atoms with E-state index in [4.69, 9.17) is 9.84 Å². The van der Waals surface area contributed by atoms with Gasteiger partial charge in [-0.15, -0.1) is 0 Å². The minimum absolute atomic E-state index is 0.405. The molecule has 2 aromatic rings. The average Bonchev–Trinajstić information content (AvgIpc) is 3.32. The van der Waals surface area contributed by atoms with Crippen LogP contribution in [0.3, 0.4) is 0 Å². The Morgan fingerprint density at radius 2 is 1.86 bits per heavy atom. The zero-order valence-electron chi connectivity index (χ0n) is 16.9. The molecule has 0 atom stereocenters. The van der Waals surface area contributed by atoms with Gasteiger partial charge in [0, 0.05) is 57.4 Å². The van der Waals surface area contributed by atoms with E-state index >= 15 is 0 Å². The van der Waals surface area contributed by atoms with E-state index in [9.17, 15) is 8.42 Å². The topological polar surface area (TPSA) is 67.7 Å². The highest BCUT2D eigenvalue weighted by atomic mass is 32.2. The summed E-state index contributed by atoms with van der Waals surface area (Å²) < 4.78 is 35.8. The van der Waals surface area contributed by atoms with Gasteiger partial charge < -0.3 is 4.74 Å². The maximum atomic E-state index is 13.4. The summed E-state index contributed by atoms with van der Waals surface area (Å²) in [4.78, 5) is 2.76. The molecule has 156 valence electrons. The van der Waals surface area contributed by atoms with Crippen LogP contribution < -0.4 is 0 Å². The molecule has 3 heterocycles. The molecule has 0 spiro atoms. The Hall–Kier alpha value is -1.74. The molecule has 29 heavy (non-hydrogen) atoms. The van der Waals surface area contributed by atoms with Crippen LogP contribution in [-0.2, 0) is 54.2 Å². The van der Waals surface area contributed by atoms with Crippen molar-refractivity contribution < 1.29 is 13.2 Å². The van der Waals surface area contributed by atoms with Gasteiger partial charge in [0.25, 0.3) is 0 Å². The van der Waals surface area contributed by atoms with Gasteiger partial charge in [0.1, 0.15) is 0 Å². The minimum Gasteiger partial charge on any atom is -0.379 e. The monoisotopic (exact) mass is 416 g/mol. The van der Waals surface area contributed by atoms with Crippen molar-refractivity contribution in [2.75, 3.05) is 32.8 Å². The summed E-state index contributed by atoms with van der Waals surface area (Å²) >= 11 is 0. The lowest BCUT2D eigenvalue weighted by atomic mass is 10.1. The number of hydrogen-bond donors (Lipinski definition) is 0. The predicted molar refractivity (Wildman–Crippen MR) is 109 cm³/mol. The van der Waals surface area contributed by atoms with Gasteiger partial charge in [-0.1, -0.05) is 6.07 Å². The largest absolute Gasteiger partial charge is 0.379 e. The molecule has 0 radical (unpaired) electrons. The number of rotatable bonds is 4. The summed E-state index contributed by atoms with van der Waals surface area (Å²) in [6, 6.07) is 5.68. The highest BCUT2D eigenvalue weighted by molar-refractivity contribution is 7.89. The Morgan fingerprint density at radius 1 is 1.07 bits per heavy atom. The maximum absolute atomic E-state index is 13.4. The van der Waals surface area contributed by atoms with Crippen molar-refractivity contribution in [2.24, 2.45) is 7.05 Å². The highest BCUT2D eigenvalue weighted by Gasteiger charge is 2.33. The molecule has 5 rings (SSSR count). The van der Waals surface area contributed by atoms with E-state index < -0.39 is 10.0 Å². The van der Waals surface area contributed by atoms with Crippen molar-refractivity contribution in [1.29, 1.82) is 0 Å². The molecule has 1 saturated heterocycles. The number of ether oxygens (including phenoxy) is 1. The Bertz CT molecular complexity index is 1020. The van der Waals surface area contributed by atoms with Gasteiger partial charge >= 0.3 is 0 Å². The van der Waals surface area contributed by atoms with E-state index in [0.29, 0.717) is 24.4 Å². The summed E-state index contributed by atoms with van der Waals surface area (Å²) in [5, 5.41) is 4.74. The van der Waals surface area contributed by atoms with Crippen molar-refractivity contribution in [3.05, 3.63) is 46.3 Å². The van der Waals surface area contributed by atoms with E-state index in [1.54, 1.807) is 10.4 Å². The van der Waals surface area contributed by atoms with E-state index in [1.807, 2.05) is 23.9 Å². The first-order chi connectivity index (χ1) is 14.0. The standard InChI is InChI=1S/C21H28N4O3S/c1-23-21-7-8-25(14-19(21)20(22-23)15-24-9-11-28-12-10-24)29(26,27)18-6-5-16-3-2-4-17(16)13-18/h5-6,13H,2-4,7-12,14-15H2,1H3. The smallest absolute Gasteiger partial charge is 0.243 e. The van der Waals surface area contributed by atoms with Crippen molar-refractivity contribution in [3.63, 3.8) is 0 Å². The molecule has 1 aliphatic carbocycles. The third kappa shape index (κ3) is 3.52. The number of aromatic nitrogens is 2. The molecule has 0 saturated carbocycles. The molecule has 3 aliphatic rings. The van der Waals surface area contributed by atoms with Crippen LogP contribution in [0.4, 0.5) is 0 Å². The van der Waals surface area contributed by atoms with Crippen LogP contribution in [0.5, 0.6) is 0 Å². The molecule has 1 fully saturated rings. The quantitative estimate of drug-likeness (QED) is 0.755. The molecule has 7 nitrogen and oxygen atoms in total. The zero-order chi connectivity index (χ0) is 20.0. The number of fused-ring (bicyclic) bond motifs is 2. The number of hydrogen-bond acceptors (Lipinski definition) is 5. The molecule has 0 bridgehead atoms. The van der Waals surface area contributed by atoms with E-state index in [2.05, 4.69) is 4.90 Å². The molecular weight excluding hydrogens is 388 g/mol. The first-order valence-corrected chi connectivity index (χ1v) is 11.9. The molecule has 0 amide bonds. The minimum atomic E-state index is -3.50. The number of nitrogens with zero attached hydrogens (tertiary/aromatic N) is 4. The molecule has 1 aromatic carbocycles. The normalized spacial score (nSPS) is 20.6.